The zero-order valence-corrected chi connectivity index (χ0v) is 18.0. The molecule has 0 saturated carbocycles. The first-order valence-electron chi connectivity index (χ1n) is 10.2. The third kappa shape index (κ3) is 6.10. The summed E-state index contributed by atoms with van der Waals surface area (Å²) in [5.74, 6) is 0. The Morgan fingerprint density at radius 3 is 2.03 bits per heavy atom. The maximum absolute atomic E-state index is 5.50. The topological polar surface area (TPSA) is 33.3 Å². The van der Waals surface area contributed by atoms with Crippen LogP contribution in [0, 0.1) is 20.8 Å². The lowest BCUT2D eigenvalue weighted by molar-refractivity contribution is 0.185. The number of methoxy groups -OCH3 is 1. The van der Waals surface area contributed by atoms with E-state index in [0.29, 0.717) is 6.61 Å². The van der Waals surface area contributed by atoms with E-state index in [-0.39, 0.29) is 6.04 Å². The van der Waals surface area contributed by atoms with Crippen LogP contribution in [0.25, 0.3) is 0 Å². The largest absolute Gasteiger partial charge is 0.383 e. The Labute approximate surface area is 175 Å². The second-order valence-electron chi connectivity index (χ2n) is 7.82. The number of anilines is 2. The minimum absolute atomic E-state index is 0.199. The molecule has 0 radical (unpaired) electrons. The molecule has 3 aromatic rings. The molecule has 3 aromatic carbocycles. The number of rotatable bonds is 9. The van der Waals surface area contributed by atoms with Crippen LogP contribution in [0.2, 0.25) is 0 Å². The molecule has 0 aliphatic heterocycles. The second kappa shape index (κ2) is 10.1. The summed E-state index contributed by atoms with van der Waals surface area (Å²) in [5.41, 5.74) is 8.65. The van der Waals surface area contributed by atoms with E-state index in [1.807, 2.05) is 0 Å². The summed E-state index contributed by atoms with van der Waals surface area (Å²) in [7, 11) is 1.76. The predicted molar refractivity (Wildman–Crippen MR) is 124 cm³/mol. The maximum Gasteiger partial charge on any atom is 0.0667 e. The number of nitrogens with one attached hydrogen (secondary N) is 2. The van der Waals surface area contributed by atoms with Gasteiger partial charge in [-0.1, -0.05) is 71.8 Å². The first-order chi connectivity index (χ1) is 14.0. The Kier molecular flexibility index (Phi) is 7.31. The van der Waals surface area contributed by atoms with E-state index in [1.54, 1.807) is 7.11 Å². The highest BCUT2D eigenvalue weighted by Gasteiger charge is 2.13. The lowest BCUT2D eigenvalue weighted by Gasteiger charge is -2.23. The van der Waals surface area contributed by atoms with Crippen molar-refractivity contribution >= 4 is 11.4 Å². The van der Waals surface area contributed by atoms with Gasteiger partial charge in [-0.25, -0.2) is 0 Å². The summed E-state index contributed by atoms with van der Waals surface area (Å²) in [6.07, 6.45) is 0.916. The Morgan fingerprint density at radius 1 is 0.793 bits per heavy atom. The standard InChI is InChI=1S/C26H32N2O/c1-19-8-12-22(13-9-19)16-24(18-29-4)28-25-7-5-6-21(3)26(25)27-17-23-14-10-20(2)11-15-23/h5-15,24,27-28H,16-18H2,1-4H3/t24-/m0/s1. The molecule has 3 nitrogen and oxygen atoms in total. The minimum atomic E-state index is 0.199. The van der Waals surface area contributed by atoms with Crippen molar-refractivity contribution in [1.29, 1.82) is 0 Å². The number of para-hydroxylation sites is 1. The van der Waals surface area contributed by atoms with E-state index in [4.69, 9.17) is 4.74 Å². The SMILES string of the molecule is COC[C@H](Cc1ccc(C)cc1)Nc1cccc(C)c1NCc1ccc(C)cc1. The maximum atomic E-state index is 5.50. The summed E-state index contributed by atoms with van der Waals surface area (Å²) >= 11 is 0. The van der Waals surface area contributed by atoms with Crippen LogP contribution in [0.3, 0.4) is 0 Å². The lowest BCUT2D eigenvalue weighted by Crippen LogP contribution is -2.28. The summed E-state index contributed by atoms with van der Waals surface area (Å²) in [4.78, 5) is 0. The van der Waals surface area contributed by atoms with E-state index in [1.165, 1.54) is 27.8 Å². The molecule has 0 aromatic heterocycles. The van der Waals surface area contributed by atoms with Gasteiger partial charge in [-0.3, -0.25) is 0 Å². The highest BCUT2D eigenvalue weighted by Crippen LogP contribution is 2.27. The first-order valence-corrected chi connectivity index (χ1v) is 10.2. The van der Waals surface area contributed by atoms with E-state index in [2.05, 4.69) is 98.1 Å². The average Bonchev–Trinajstić information content (AvgIpc) is 2.71. The summed E-state index contributed by atoms with van der Waals surface area (Å²) in [5, 5.41) is 7.34. The molecule has 2 N–H and O–H groups in total. The van der Waals surface area contributed by atoms with E-state index >= 15 is 0 Å². The van der Waals surface area contributed by atoms with E-state index in [0.717, 1.165) is 24.3 Å². The van der Waals surface area contributed by atoms with Crippen LogP contribution in [0.5, 0.6) is 0 Å². The van der Waals surface area contributed by atoms with Gasteiger partial charge in [0.15, 0.2) is 0 Å². The van der Waals surface area contributed by atoms with Crippen LogP contribution >= 0.6 is 0 Å². The zero-order chi connectivity index (χ0) is 20.6. The number of hydrogen-bond donors (Lipinski definition) is 2. The van der Waals surface area contributed by atoms with Gasteiger partial charge in [0.2, 0.25) is 0 Å². The Hall–Kier alpha value is -2.78. The van der Waals surface area contributed by atoms with Gasteiger partial charge in [-0.05, 0) is 49.9 Å². The predicted octanol–water partition coefficient (Wildman–Crippen LogP) is 5.89. The van der Waals surface area contributed by atoms with Crippen LogP contribution in [0.15, 0.2) is 66.7 Å². The second-order valence-corrected chi connectivity index (χ2v) is 7.82. The summed E-state index contributed by atoms with van der Waals surface area (Å²) < 4.78 is 5.50. The van der Waals surface area contributed by atoms with Crippen molar-refractivity contribution in [2.45, 2.75) is 39.8 Å². The van der Waals surface area contributed by atoms with Crippen molar-refractivity contribution in [3.8, 4) is 0 Å². The molecule has 0 unspecified atom stereocenters. The Balaban J connectivity index is 1.74. The van der Waals surface area contributed by atoms with Gasteiger partial charge < -0.3 is 15.4 Å². The van der Waals surface area contributed by atoms with Crippen LogP contribution < -0.4 is 10.6 Å². The summed E-state index contributed by atoms with van der Waals surface area (Å²) in [6.45, 7) is 7.83. The molecule has 29 heavy (non-hydrogen) atoms. The van der Waals surface area contributed by atoms with Gasteiger partial charge in [0.05, 0.1) is 24.0 Å². The smallest absolute Gasteiger partial charge is 0.0667 e. The molecule has 0 amide bonds. The number of hydrogen-bond acceptors (Lipinski definition) is 3. The summed E-state index contributed by atoms with van der Waals surface area (Å²) in [6, 6.07) is 24.0. The van der Waals surface area contributed by atoms with Crippen molar-refractivity contribution in [2.75, 3.05) is 24.4 Å². The molecule has 152 valence electrons. The Bertz CT molecular complexity index is 901. The Morgan fingerprint density at radius 2 is 1.41 bits per heavy atom. The van der Waals surface area contributed by atoms with Crippen molar-refractivity contribution in [3.63, 3.8) is 0 Å². The molecule has 0 aliphatic carbocycles. The average molecular weight is 389 g/mol. The van der Waals surface area contributed by atoms with Crippen molar-refractivity contribution in [3.05, 3.63) is 94.5 Å². The van der Waals surface area contributed by atoms with Gasteiger partial charge in [-0.15, -0.1) is 0 Å². The fraction of sp³-hybridized carbons (Fsp3) is 0.308. The molecule has 3 heteroatoms. The fourth-order valence-corrected chi connectivity index (χ4v) is 3.50. The lowest BCUT2D eigenvalue weighted by atomic mass is 10.0. The fourth-order valence-electron chi connectivity index (χ4n) is 3.50. The third-order valence-electron chi connectivity index (χ3n) is 5.19. The number of ether oxygens (including phenoxy) is 1. The minimum Gasteiger partial charge on any atom is -0.383 e. The number of benzene rings is 3. The van der Waals surface area contributed by atoms with Crippen molar-refractivity contribution < 1.29 is 4.74 Å². The molecule has 0 fully saturated rings. The molecule has 3 rings (SSSR count). The quantitative estimate of drug-likeness (QED) is 0.479. The zero-order valence-electron chi connectivity index (χ0n) is 18.0. The molecular weight excluding hydrogens is 356 g/mol. The van der Waals surface area contributed by atoms with Crippen LogP contribution in [0.1, 0.15) is 27.8 Å². The molecular formula is C26H32N2O. The normalized spacial score (nSPS) is 11.9. The van der Waals surface area contributed by atoms with Crippen LogP contribution in [0.4, 0.5) is 11.4 Å². The molecule has 1 atom stereocenters. The van der Waals surface area contributed by atoms with E-state index in [9.17, 15) is 0 Å². The molecule has 0 aliphatic rings. The van der Waals surface area contributed by atoms with Crippen LogP contribution in [-0.4, -0.2) is 19.8 Å². The van der Waals surface area contributed by atoms with Gasteiger partial charge in [0.25, 0.3) is 0 Å². The molecule has 0 saturated heterocycles. The highest BCUT2D eigenvalue weighted by atomic mass is 16.5. The van der Waals surface area contributed by atoms with Gasteiger partial charge >= 0.3 is 0 Å². The molecule has 0 bridgehead atoms. The molecule has 0 heterocycles. The third-order valence-corrected chi connectivity index (χ3v) is 5.19. The van der Waals surface area contributed by atoms with Gasteiger partial charge in [-0.2, -0.15) is 0 Å². The highest BCUT2D eigenvalue weighted by molar-refractivity contribution is 5.72. The van der Waals surface area contributed by atoms with Crippen molar-refractivity contribution in [2.24, 2.45) is 0 Å². The van der Waals surface area contributed by atoms with Crippen LogP contribution in [-0.2, 0) is 17.7 Å². The van der Waals surface area contributed by atoms with Gasteiger partial charge in [0, 0.05) is 13.7 Å². The van der Waals surface area contributed by atoms with Gasteiger partial charge in [0.1, 0.15) is 0 Å². The van der Waals surface area contributed by atoms with E-state index < -0.39 is 0 Å². The number of aryl methyl sites for hydroxylation is 3. The monoisotopic (exact) mass is 388 g/mol. The molecule has 0 spiro atoms. The van der Waals surface area contributed by atoms with Crippen molar-refractivity contribution in [1.82, 2.24) is 0 Å². The first kappa shape index (κ1) is 20.9.